The Hall–Kier alpha value is -0.940. The van der Waals surface area contributed by atoms with E-state index in [1.165, 1.54) is 0 Å². The lowest BCUT2D eigenvalue weighted by Crippen LogP contribution is -2.22. The molecular formula is C10H14BrN3O. The summed E-state index contributed by atoms with van der Waals surface area (Å²) in [5, 5.41) is 2.78. The Kier molecular flexibility index (Phi) is 4.71. The summed E-state index contributed by atoms with van der Waals surface area (Å²) in [5.74, 6) is -0.0942. The van der Waals surface area contributed by atoms with Crippen LogP contribution in [0, 0.1) is 5.92 Å². The molecule has 3 N–H and O–H groups in total. The van der Waals surface area contributed by atoms with Gasteiger partial charge in [0.2, 0.25) is 5.91 Å². The van der Waals surface area contributed by atoms with Gasteiger partial charge in [0.05, 0.1) is 11.9 Å². The summed E-state index contributed by atoms with van der Waals surface area (Å²) in [4.78, 5) is 15.6. The van der Waals surface area contributed by atoms with Gasteiger partial charge in [-0.05, 0) is 41.0 Å². The maximum atomic E-state index is 11.6. The first kappa shape index (κ1) is 12.1. The minimum atomic E-state index is -0.0707. The van der Waals surface area contributed by atoms with E-state index in [0.717, 1.165) is 4.60 Å². The molecule has 0 aliphatic heterocycles. The number of aromatic nitrogens is 1. The smallest absolute Gasteiger partial charge is 0.227 e. The fraction of sp³-hybridized carbons (Fsp3) is 0.400. The van der Waals surface area contributed by atoms with Gasteiger partial charge >= 0.3 is 0 Å². The van der Waals surface area contributed by atoms with Crippen LogP contribution in [0.3, 0.4) is 0 Å². The standard InChI is InChI=1S/C10H14BrN3O/c1-7(4-5-12)10(15)14-8-2-3-9(11)13-6-8/h2-3,6-7H,4-5,12H2,1H3,(H,14,15). The third-order valence-corrected chi connectivity index (χ3v) is 2.51. The number of nitrogens with zero attached hydrogens (tertiary/aromatic N) is 1. The number of halogens is 1. The van der Waals surface area contributed by atoms with Crippen molar-refractivity contribution in [3.8, 4) is 0 Å². The number of amides is 1. The van der Waals surface area contributed by atoms with Crippen LogP contribution < -0.4 is 11.1 Å². The number of carbonyl (C=O) groups is 1. The molecule has 5 heteroatoms. The Morgan fingerprint density at radius 3 is 2.93 bits per heavy atom. The van der Waals surface area contributed by atoms with Crippen LogP contribution in [-0.2, 0) is 4.79 Å². The first-order valence-electron chi connectivity index (χ1n) is 4.76. The van der Waals surface area contributed by atoms with Crippen molar-refractivity contribution in [1.29, 1.82) is 0 Å². The van der Waals surface area contributed by atoms with Gasteiger partial charge in [-0.25, -0.2) is 4.98 Å². The van der Waals surface area contributed by atoms with E-state index in [4.69, 9.17) is 5.73 Å². The second-order valence-electron chi connectivity index (χ2n) is 3.34. The monoisotopic (exact) mass is 271 g/mol. The van der Waals surface area contributed by atoms with E-state index >= 15 is 0 Å². The van der Waals surface area contributed by atoms with Crippen LogP contribution in [0.4, 0.5) is 5.69 Å². The SMILES string of the molecule is CC(CCN)C(=O)Nc1ccc(Br)nc1. The highest BCUT2D eigenvalue weighted by molar-refractivity contribution is 9.10. The molecule has 4 nitrogen and oxygen atoms in total. The highest BCUT2D eigenvalue weighted by atomic mass is 79.9. The summed E-state index contributed by atoms with van der Waals surface area (Å²) in [7, 11) is 0. The first-order chi connectivity index (χ1) is 7.13. The Bertz CT molecular complexity index is 326. The lowest BCUT2D eigenvalue weighted by atomic mass is 10.1. The average molecular weight is 272 g/mol. The molecular weight excluding hydrogens is 258 g/mol. The van der Waals surface area contributed by atoms with E-state index in [1.54, 1.807) is 18.3 Å². The molecule has 0 aliphatic carbocycles. The number of rotatable bonds is 4. The van der Waals surface area contributed by atoms with Crippen LogP contribution in [-0.4, -0.2) is 17.4 Å². The summed E-state index contributed by atoms with van der Waals surface area (Å²) in [6.45, 7) is 2.38. The summed E-state index contributed by atoms with van der Waals surface area (Å²) >= 11 is 3.23. The van der Waals surface area contributed by atoms with Crippen LogP contribution in [0.15, 0.2) is 22.9 Å². The lowest BCUT2D eigenvalue weighted by molar-refractivity contribution is -0.119. The first-order valence-corrected chi connectivity index (χ1v) is 5.55. The third-order valence-electron chi connectivity index (χ3n) is 2.04. The van der Waals surface area contributed by atoms with Crippen molar-refractivity contribution in [2.45, 2.75) is 13.3 Å². The third kappa shape index (κ3) is 3.97. The van der Waals surface area contributed by atoms with Gasteiger partial charge in [0.25, 0.3) is 0 Å². The molecule has 0 aliphatic rings. The number of nitrogens with two attached hydrogens (primary N) is 1. The minimum absolute atomic E-state index is 0.0235. The van der Waals surface area contributed by atoms with Crippen LogP contribution in [0.1, 0.15) is 13.3 Å². The van der Waals surface area contributed by atoms with Gasteiger partial charge < -0.3 is 11.1 Å². The maximum absolute atomic E-state index is 11.6. The number of hydrogen-bond donors (Lipinski definition) is 2. The number of nitrogens with one attached hydrogen (secondary N) is 1. The second-order valence-corrected chi connectivity index (χ2v) is 4.15. The van der Waals surface area contributed by atoms with Gasteiger partial charge in [-0.1, -0.05) is 6.92 Å². The summed E-state index contributed by atoms with van der Waals surface area (Å²) in [6.07, 6.45) is 2.30. The van der Waals surface area contributed by atoms with Gasteiger partial charge in [0.15, 0.2) is 0 Å². The van der Waals surface area contributed by atoms with E-state index in [0.29, 0.717) is 18.7 Å². The van der Waals surface area contributed by atoms with Gasteiger partial charge in [-0.2, -0.15) is 0 Å². The minimum Gasteiger partial charge on any atom is -0.330 e. The van der Waals surface area contributed by atoms with Gasteiger partial charge in [0, 0.05) is 5.92 Å². The summed E-state index contributed by atoms with van der Waals surface area (Å²) < 4.78 is 0.746. The molecule has 0 radical (unpaired) electrons. The predicted octanol–water partition coefficient (Wildman–Crippen LogP) is 1.77. The zero-order chi connectivity index (χ0) is 11.3. The quantitative estimate of drug-likeness (QED) is 0.821. The number of carbonyl (C=O) groups excluding carboxylic acids is 1. The van der Waals surface area contributed by atoms with Crippen molar-refractivity contribution in [2.75, 3.05) is 11.9 Å². The number of anilines is 1. The normalized spacial score (nSPS) is 12.2. The van der Waals surface area contributed by atoms with Crippen molar-refractivity contribution >= 4 is 27.5 Å². The van der Waals surface area contributed by atoms with Crippen molar-refractivity contribution in [3.05, 3.63) is 22.9 Å². The molecule has 1 aromatic heterocycles. The fourth-order valence-corrected chi connectivity index (χ4v) is 1.33. The van der Waals surface area contributed by atoms with E-state index in [-0.39, 0.29) is 11.8 Å². The molecule has 1 amide bonds. The fourth-order valence-electron chi connectivity index (χ4n) is 1.10. The van der Waals surface area contributed by atoms with Crippen molar-refractivity contribution in [2.24, 2.45) is 11.7 Å². The molecule has 0 saturated heterocycles. The Morgan fingerprint density at radius 1 is 1.67 bits per heavy atom. The molecule has 15 heavy (non-hydrogen) atoms. The maximum Gasteiger partial charge on any atom is 0.227 e. The van der Waals surface area contributed by atoms with Gasteiger partial charge in [-0.3, -0.25) is 4.79 Å². The molecule has 1 atom stereocenters. The molecule has 1 heterocycles. The molecule has 82 valence electrons. The molecule has 0 bridgehead atoms. The molecule has 0 fully saturated rings. The number of hydrogen-bond acceptors (Lipinski definition) is 3. The highest BCUT2D eigenvalue weighted by Crippen LogP contribution is 2.12. The van der Waals surface area contributed by atoms with Gasteiger partial charge in [-0.15, -0.1) is 0 Å². The lowest BCUT2D eigenvalue weighted by Gasteiger charge is -2.10. The predicted molar refractivity (Wildman–Crippen MR) is 63.4 cm³/mol. The van der Waals surface area contributed by atoms with Crippen LogP contribution in [0.25, 0.3) is 0 Å². The van der Waals surface area contributed by atoms with E-state index < -0.39 is 0 Å². The zero-order valence-electron chi connectivity index (χ0n) is 8.53. The van der Waals surface area contributed by atoms with Crippen LogP contribution in [0.2, 0.25) is 0 Å². The zero-order valence-corrected chi connectivity index (χ0v) is 10.1. The Labute approximate surface area is 97.4 Å². The molecule has 0 aromatic carbocycles. The molecule has 1 aromatic rings. The average Bonchev–Trinajstić information content (AvgIpc) is 2.22. The Balaban J connectivity index is 2.54. The van der Waals surface area contributed by atoms with E-state index in [2.05, 4.69) is 26.2 Å². The van der Waals surface area contributed by atoms with Gasteiger partial charge in [0.1, 0.15) is 4.60 Å². The van der Waals surface area contributed by atoms with Crippen molar-refractivity contribution in [1.82, 2.24) is 4.98 Å². The summed E-state index contributed by atoms with van der Waals surface area (Å²) in [6, 6.07) is 3.58. The van der Waals surface area contributed by atoms with Crippen LogP contribution >= 0.6 is 15.9 Å². The van der Waals surface area contributed by atoms with E-state index in [1.807, 2.05) is 6.92 Å². The van der Waals surface area contributed by atoms with Crippen LogP contribution in [0.5, 0.6) is 0 Å². The number of pyridine rings is 1. The topological polar surface area (TPSA) is 68.0 Å². The molecule has 0 spiro atoms. The molecule has 1 unspecified atom stereocenters. The largest absolute Gasteiger partial charge is 0.330 e. The van der Waals surface area contributed by atoms with Crippen molar-refractivity contribution in [3.63, 3.8) is 0 Å². The molecule has 1 rings (SSSR count). The highest BCUT2D eigenvalue weighted by Gasteiger charge is 2.11. The van der Waals surface area contributed by atoms with Crippen molar-refractivity contribution < 1.29 is 4.79 Å². The Morgan fingerprint density at radius 2 is 2.40 bits per heavy atom. The van der Waals surface area contributed by atoms with E-state index in [9.17, 15) is 4.79 Å². The summed E-state index contributed by atoms with van der Waals surface area (Å²) in [5.41, 5.74) is 6.08. The molecule has 0 saturated carbocycles. The second kappa shape index (κ2) is 5.82.